The van der Waals surface area contributed by atoms with Gasteiger partial charge in [-0.2, -0.15) is 0 Å². The van der Waals surface area contributed by atoms with Crippen molar-refractivity contribution in [2.75, 3.05) is 5.73 Å². The largest absolute Gasteiger partial charge is 0.482 e. The number of anilines is 1. The van der Waals surface area contributed by atoms with Gasteiger partial charge >= 0.3 is 0 Å². The molecule has 1 atom stereocenters. The van der Waals surface area contributed by atoms with Crippen molar-refractivity contribution in [1.29, 1.82) is 0 Å². The topological polar surface area (TPSA) is 48.1 Å². The summed E-state index contributed by atoms with van der Waals surface area (Å²) in [6.07, 6.45) is 1.68. The minimum atomic E-state index is -0.101. The average Bonchev–Trinajstić information content (AvgIpc) is 2.56. The molecule has 0 amide bonds. The molecule has 25 heavy (non-hydrogen) atoms. The average molecular weight is 332 g/mol. The maximum atomic E-state index is 6.21. The van der Waals surface area contributed by atoms with E-state index in [0.717, 1.165) is 11.1 Å². The van der Waals surface area contributed by atoms with Gasteiger partial charge in [0.05, 0.1) is 0 Å². The molecule has 0 saturated carbocycles. The summed E-state index contributed by atoms with van der Waals surface area (Å²) in [7, 11) is 0. The zero-order valence-electron chi connectivity index (χ0n) is 15.2. The number of nitrogens with two attached hydrogens (primary N) is 1. The van der Waals surface area contributed by atoms with Crippen molar-refractivity contribution >= 4 is 5.82 Å². The predicted octanol–water partition coefficient (Wildman–Crippen LogP) is 5.40. The molecule has 3 heteroatoms. The molecule has 128 valence electrons. The molecule has 0 aliphatic carbocycles. The van der Waals surface area contributed by atoms with Gasteiger partial charge < -0.3 is 10.5 Å². The highest BCUT2D eigenvalue weighted by atomic mass is 16.5. The van der Waals surface area contributed by atoms with E-state index in [1.807, 2.05) is 24.3 Å². The molecule has 0 aliphatic heterocycles. The number of nitrogen functional groups attached to an aromatic ring is 1. The molecular formula is C22H24N2O. The third-order valence-electron chi connectivity index (χ3n) is 4.44. The van der Waals surface area contributed by atoms with Gasteiger partial charge in [0.1, 0.15) is 6.10 Å². The Kier molecular flexibility index (Phi) is 4.75. The summed E-state index contributed by atoms with van der Waals surface area (Å²) in [6.45, 7) is 8.41. The summed E-state index contributed by atoms with van der Waals surface area (Å²) in [5, 5.41) is 0. The van der Waals surface area contributed by atoms with E-state index in [0.29, 0.717) is 11.6 Å². The monoisotopic (exact) mass is 332 g/mol. The van der Waals surface area contributed by atoms with Crippen LogP contribution in [0.1, 0.15) is 35.3 Å². The Labute approximate surface area is 149 Å². The first-order valence-corrected chi connectivity index (χ1v) is 8.51. The Morgan fingerprint density at radius 1 is 0.920 bits per heavy atom. The summed E-state index contributed by atoms with van der Waals surface area (Å²) in [4.78, 5) is 4.31. The SMILES string of the molecule is Cc1cc(C)c(C(C)Oc2cc(-c3ccccc3)cnc2N)c(C)c1. The molecule has 0 fully saturated rings. The van der Waals surface area contributed by atoms with Crippen LogP contribution in [0.2, 0.25) is 0 Å². The zero-order valence-corrected chi connectivity index (χ0v) is 15.2. The van der Waals surface area contributed by atoms with Crippen LogP contribution >= 0.6 is 0 Å². The molecule has 1 heterocycles. The summed E-state index contributed by atoms with van der Waals surface area (Å²) in [6, 6.07) is 16.4. The van der Waals surface area contributed by atoms with Gasteiger partial charge in [-0.05, 0) is 56.0 Å². The van der Waals surface area contributed by atoms with E-state index in [4.69, 9.17) is 10.5 Å². The van der Waals surface area contributed by atoms with E-state index in [1.165, 1.54) is 22.3 Å². The number of rotatable bonds is 4. The fourth-order valence-corrected chi connectivity index (χ4v) is 3.42. The van der Waals surface area contributed by atoms with Crippen LogP contribution < -0.4 is 10.5 Å². The Balaban J connectivity index is 1.93. The fraction of sp³-hybridized carbons (Fsp3) is 0.227. The molecule has 0 radical (unpaired) electrons. The van der Waals surface area contributed by atoms with E-state index in [-0.39, 0.29) is 6.10 Å². The number of hydrogen-bond acceptors (Lipinski definition) is 3. The third kappa shape index (κ3) is 3.66. The maximum absolute atomic E-state index is 6.21. The molecule has 0 saturated heterocycles. The normalized spacial score (nSPS) is 12.0. The van der Waals surface area contributed by atoms with Crippen LogP contribution in [0.25, 0.3) is 11.1 Å². The number of nitrogens with zero attached hydrogens (tertiary/aromatic N) is 1. The predicted molar refractivity (Wildman–Crippen MR) is 104 cm³/mol. The van der Waals surface area contributed by atoms with E-state index >= 15 is 0 Å². The minimum absolute atomic E-state index is 0.101. The van der Waals surface area contributed by atoms with Gasteiger partial charge in [0.25, 0.3) is 0 Å². The summed E-state index contributed by atoms with van der Waals surface area (Å²) in [5.74, 6) is 1.03. The lowest BCUT2D eigenvalue weighted by Crippen LogP contribution is -2.09. The summed E-state index contributed by atoms with van der Waals surface area (Å²) < 4.78 is 6.21. The third-order valence-corrected chi connectivity index (χ3v) is 4.44. The van der Waals surface area contributed by atoms with Crippen LogP contribution in [-0.2, 0) is 0 Å². The molecule has 1 unspecified atom stereocenters. The van der Waals surface area contributed by atoms with E-state index in [2.05, 4.69) is 56.9 Å². The Morgan fingerprint density at radius 2 is 1.56 bits per heavy atom. The Morgan fingerprint density at radius 3 is 2.20 bits per heavy atom. The van der Waals surface area contributed by atoms with E-state index in [9.17, 15) is 0 Å². The molecule has 0 aliphatic rings. The second kappa shape index (κ2) is 6.98. The Hall–Kier alpha value is -2.81. The molecule has 0 spiro atoms. The van der Waals surface area contributed by atoms with Crippen molar-refractivity contribution in [2.24, 2.45) is 0 Å². The lowest BCUT2D eigenvalue weighted by molar-refractivity contribution is 0.226. The van der Waals surface area contributed by atoms with Crippen molar-refractivity contribution in [3.8, 4) is 16.9 Å². The molecule has 2 N–H and O–H groups in total. The van der Waals surface area contributed by atoms with Gasteiger partial charge in [-0.25, -0.2) is 4.98 Å². The Bertz CT molecular complexity index is 865. The lowest BCUT2D eigenvalue weighted by Gasteiger charge is -2.21. The molecular weight excluding hydrogens is 308 g/mol. The van der Waals surface area contributed by atoms with Crippen molar-refractivity contribution in [2.45, 2.75) is 33.8 Å². The van der Waals surface area contributed by atoms with Crippen LogP contribution in [-0.4, -0.2) is 4.98 Å². The second-order valence-corrected chi connectivity index (χ2v) is 6.55. The van der Waals surface area contributed by atoms with Gasteiger partial charge in [0, 0.05) is 11.8 Å². The second-order valence-electron chi connectivity index (χ2n) is 6.55. The molecule has 1 aromatic heterocycles. The highest BCUT2D eigenvalue weighted by Crippen LogP contribution is 2.32. The van der Waals surface area contributed by atoms with Crippen LogP contribution in [0.5, 0.6) is 5.75 Å². The van der Waals surface area contributed by atoms with Gasteiger partial charge in [-0.15, -0.1) is 0 Å². The molecule has 0 bridgehead atoms. The van der Waals surface area contributed by atoms with Gasteiger partial charge in [0.15, 0.2) is 11.6 Å². The minimum Gasteiger partial charge on any atom is -0.482 e. The van der Waals surface area contributed by atoms with E-state index in [1.54, 1.807) is 6.20 Å². The van der Waals surface area contributed by atoms with Crippen LogP contribution in [0.15, 0.2) is 54.7 Å². The zero-order chi connectivity index (χ0) is 18.0. The maximum Gasteiger partial charge on any atom is 0.166 e. The molecule has 3 rings (SSSR count). The molecule has 2 aromatic carbocycles. The van der Waals surface area contributed by atoms with Crippen LogP contribution in [0, 0.1) is 20.8 Å². The smallest absolute Gasteiger partial charge is 0.166 e. The highest BCUT2D eigenvalue weighted by molar-refractivity contribution is 5.66. The first kappa shape index (κ1) is 17.0. The fourth-order valence-electron chi connectivity index (χ4n) is 3.42. The number of ether oxygens (including phenoxy) is 1. The van der Waals surface area contributed by atoms with Crippen molar-refractivity contribution in [1.82, 2.24) is 4.98 Å². The number of benzene rings is 2. The van der Waals surface area contributed by atoms with Crippen LogP contribution in [0.4, 0.5) is 5.82 Å². The van der Waals surface area contributed by atoms with Crippen molar-refractivity contribution in [3.05, 3.63) is 77.0 Å². The van der Waals surface area contributed by atoms with Crippen LogP contribution in [0.3, 0.4) is 0 Å². The van der Waals surface area contributed by atoms with Crippen molar-refractivity contribution in [3.63, 3.8) is 0 Å². The highest BCUT2D eigenvalue weighted by Gasteiger charge is 2.16. The summed E-state index contributed by atoms with van der Waals surface area (Å²) >= 11 is 0. The quantitative estimate of drug-likeness (QED) is 0.696. The standard InChI is InChI=1S/C22H24N2O/c1-14-10-15(2)21(16(3)11-14)17(4)25-20-12-19(13-24-22(20)23)18-8-6-5-7-9-18/h5-13,17H,1-4H3,(H2,23,24). The first-order chi connectivity index (χ1) is 12.0. The number of pyridine rings is 1. The molecule has 3 aromatic rings. The first-order valence-electron chi connectivity index (χ1n) is 8.51. The molecule has 3 nitrogen and oxygen atoms in total. The summed E-state index contributed by atoms with van der Waals surface area (Å²) in [5.41, 5.74) is 13.1. The van der Waals surface area contributed by atoms with E-state index < -0.39 is 0 Å². The number of aromatic nitrogens is 1. The number of aryl methyl sites for hydroxylation is 3. The number of hydrogen-bond donors (Lipinski definition) is 1. The lowest BCUT2D eigenvalue weighted by atomic mass is 9.96. The van der Waals surface area contributed by atoms with Gasteiger partial charge in [0.2, 0.25) is 0 Å². The van der Waals surface area contributed by atoms with Gasteiger partial charge in [-0.1, -0.05) is 48.0 Å². The van der Waals surface area contributed by atoms with Crippen molar-refractivity contribution < 1.29 is 4.74 Å². The van der Waals surface area contributed by atoms with Gasteiger partial charge in [-0.3, -0.25) is 0 Å².